The van der Waals surface area contributed by atoms with Gasteiger partial charge in [0.25, 0.3) is 5.91 Å². The van der Waals surface area contributed by atoms with Gasteiger partial charge in [0.2, 0.25) is 11.3 Å². The van der Waals surface area contributed by atoms with Crippen LogP contribution in [0.4, 0.5) is 5.69 Å². The van der Waals surface area contributed by atoms with Crippen LogP contribution in [0, 0.1) is 0 Å². The van der Waals surface area contributed by atoms with Crippen molar-refractivity contribution in [2.75, 3.05) is 45.2 Å². The minimum atomic E-state index is -0.214. The summed E-state index contributed by atoms with van der Waals surface area (Å²) in [5.74, 6) is 0.428. The van der Waals surface area contributed by atoms with E-state index in [1.807, 2.05) is 19.2 Å². The average molecular weight is 660 g/mol. The average Bonchev–Trinajstić information content (AvgIpc) is 3.07. The van der Waals surface area contributed by atoms with Crippen LogP contribution in [-0.4, -0.2) is 62.5 Å². The second kappa shape index (κ2) is 12.4. The molecule has 49 heavy (non-hydrogen) atoms. The van der Waals surface area contributed by atoms with Crippen molar-refractivity contribution < 1.29 is 9.59 Å². The molecule has 2 amide bonds. The molecular weight excluding hydrogens is 604 g/mol. The molecule has 6 heteroatoms. The second-order valence-corrected chi connectivity index (χ2v) is 16.1. The van der Waals surface area contributed by atoms with Gasteiger partial charge in [-0.1, -0.05) is 39.0 Å². The molecule has 1 aliphatic carbocycles. The quantitative estimate of drug-likeness (QED) is 0.333. The van der Waals surface area contributed by atoms with Crippen molar-refractivity contribution in [3.05, 3.63) is 97.5 Å². The zero-order chi connectivity index (χ0) is 34.8. The predicted molar refractivity (Wildman–Crippen MR) is 200 cm³/mol. The molecule has 7 rings (SSSR count). The smallest absolute Gasteiger partial charge is 0.254 e. The Kier molecular flexibility index (Phi) is 8.52. The van der Waals surface area contributed by atoms with Crippen LogP contribution in [-0.2, 0) is 23.1 Å². The Labute approximate surface area is 292 Å². The lowest BCUT2D eigenvalue weighted by molar-refractivity contribution is -0.120. The number of aryl methyl sites for hydroxylation is 1. The van der Waals surface area contributed by atoms with E-state index in [1.54, 1.807) is 11.9 Å². The Morgan fingerprint density at radius 3 is 2.49 bits per heavy atom. The fraction of sp³-hybridized carbons (Fsp3) is 0.512. The van der Waals surface area contributed by atoms with E-state index < -0.39 is 0 Å². The van der Waals surface area contributed by atoms with Crippen molar-refractivity contribution in [2.24, 2.45) is 0 Å². The summed E-state index contributed by atoms with van der Waals surface area (Å²) >= 11 is 0. The van der Waals surface area contributed by atoms with Crippen LogP contribution in [0.25, 0.3) is 5.57 Å². The maximum absolute atomic E-state index is 14.3. The molecule has 0 radical (unpaired) electrons. The van der Waals surface area contributed by atoms with Crippen molar-refractivity contribution in [3.63, 3.8) is 0 Å². The zero-order valence-corrected chi connectivity index (χ0v) is 31.1. The lowest BCUT2D eigenvalue weighted by Gasteiger charge is -2.44. The van der Waals surface area contributed by atoms with Gasteiger partial charge in [-0.25, -0.2) is 4.58 Å². The molecule has 3 aliphatic heterocycles. The largest absolute Gasteiger partial charge is 0.371 e. The summed E-state index contributed by atoms with van der Waals surface area (Å²) in [5, 5.41) is 5.34. The van der Waals surface area contributed by atoms with Crippen LogP contribution in [0.5, 0.6) is 0 Å². The SMILES string of the molecule is CC[N+]1=c2cc3c(cc2C(C)CC1(C)C)=C(c1ccccc1C(=O)N(C)CCCC(=O)NC)c1cc2c4c(c1C3(C)C)CCCN4CCC2. The number of hydrogen-bond donors (Lipinski definition) is 1. The Hall–Kier alpha value is -3.93. The van der Waals surface area contributed by atoms with Crippen LogP contribution in [0.2, 0.25) is 0 Å². The van der Waals surface area contributed by atoms with Crippen LogP contribution in [0.1, 0.15) is 129 Å². The number of benzene rings is 3. The monoisotopic (exact) mass is 659 g/mol. The van der Waals surface area contributed by atoms with Gasteiger partial charge in [-0.2, -0.15) is 0 Å². The van der Waals surface area contributed by atoms with Crippen LogP contribution >= 0.6 is 0 Å². The first kappa shape index (κ1) is 33.6. The maximum atomic E-state index is 14.3. The highest BCUT2D eigenvalue weighted by Gasteiger charge is 2.43. The third-order valence-corrected chi connectivity index (χ3v) is 12.2. The van der Waals surface area contributed by atoms with E-state index in [1.165, 1.54) is 68.1 Å². The first-order valence-electron chi connectivity index (χ1n) is 18.7. The van der Waals surface area contributed by atoms with Crippen molar-refractivity contribution in [2.45, 2.75) is 103 Å². The van der Waals surface area contributed by atoms with Crippen molar-refractivity contribution in [1.29, 1.82) is 0 Å². The standard InChI is InChI=1S/C43H54N4O2/c1-9-47-36-25-35-33(24-32(36)27(2)26-42(47,3)4)38(29-16-10-11-17-30(29)41(49)45(8)20-14-19-37(48)44-7)34-23-28-15-12-21-46-22-13-18-31(40(28)46)39(34)43(35,5)6/h10-11,16-17,23-25,27H,9,12-15,18-22,26H2,1-8H3/p+1. The van der Waals surface area contributed by atoms with Crippen molar-refractivity contribution in [3.8, 4) is 0 Å². The number of carbonyl (C=O) groups is 2. The van der Waals surface area contributed by atoms with Gasteiger partial charge in [0.1, 0.15) is 6.54 Å². The highest BCUT2D eigenvalue weighted by atomic mass is 16.2. The third kappa shape index (κ3) is 5.41. The number of fused-ring (bicyclic) bond motifs is 4. The van der Waals surface area contributed by atoms with Gasteiger partial charge in [0, 0.05) is 74.9 Å². The number of nitrogens with zero attached hydrogens (tertiary/aromatic N) is 3. The first-order chi connectivity index (χ1) is 23.4. The van der Waals surface area contributed by atoms with Crippen LogP contribution in [0.15, 0.2) is 42.5 Å². The molecule has 3 aromatic rings. The Balaban J connectivity index is 1.54. The first-order valence-corrected chi connectivity index (χ1v) is 18.7. The molecule has 6 nitrogen and oxygen atoms in total. The molecule has 0 spiro atoms. The van der Waals surface area contributed by atoms with E-state index >= 15 is 0 Å². The predicted octanol–water partition coefficient (Wildman–Crippen LogP) is 5.67. The topological polar surface area (TPSA) is 55.7 Å². The number of carbonyl (C=O) groups excluding carboxylic acids is 2. The third-order valence-electron chi connectivity index (χ3n) is 12.2. The van der Waals surface area contributed by atoms with E-state index in [0.29, 0.717) is 25.3 Å². The van der Waals surface area contributed by atoms with Gasteiger partial charge in [-0.15, -0.1) is 0 Å². The molecule has 1 unspecified atom stereocenters. The normalized spacial score (nSPS) is 19.8. The summed E-state index contributed by atoms with van der Waals surface area (Å²) in [6.45, 7) is 18.1. The molecule has 3 heterocycles. The summed E-state index contributed by atoms with van der Waals surface area (Å²) in [6.07, 6.45) is 6.69. The van der Waals surface area contributed by atoms with E-state index in [9.17, 15) is 9.59 Å². The van der Waals surface area contributed by atoms with E-state index in [-0.39, 0.29) is 22.8 Å². The Morgan fingerprint density at radius 2 is 1.76 bits per heavy atom. The number of anilines is 1. The van der Waals surface area contributed by atoms with Gasteiger partial charge < -0.3 is 15.1 Å². The van der Waals surface area contributed by atoms with Crippen LogP contribution < -0.4 is 25.4 Å². The minimum Gasteiger partial charge on any atom is -0.371 e. The molecule has 1 N–H and O–H groups in total. The summed E-state index contributed by atoms with van der Waals surface area (Å²) in [5.41, 5.74) is 12.8. The lowest BCUT2D eigenvalue weighted by Crippen LogP contribution is -2.53. The van der Waals surface area contributed by atoms with Crippen LogP contribution in [0.3, 0.4) is 0 Å². The summed E-state index contributed by atoms with van der Waals surface area (Å²) < 4.78 is 2.62. The van der Waals surface area contributed by atoms with E-state index in [2.05, 4.69) is 86.7 Å². The molecule has 0 fully saturated rings. The number of amides is 2. The van der Waals surface area contributed by atoms with Gasteiger partial charge in [-0.3, -0.25) is 9.59 Å². The highest BCUT2D eigenvalue weighted by molar-refractivity contribution is 6.02. The summed E-state index contributed by atoms with van der Waals surface area (Å²) in [7, 11) is 3.53. The molecule has 0 aromatic heterocycles. The van der Waals surface area contributed by atoms with E-state index in [0.717, 1.165) is 50.0 Å². The van der Waals surface area contributed by atoms with Gasteiger partial charge in [-0.05, 0) is 121 Å². The van der Waals surface area contributed by atoms with Gasteiger partial charge >= 0.3 is 0 Å². The molecule has 258 valence electrons. The Morgan fingerprint density at radius 1 is 1.02 bits per heavy atom. The zero-order valence-electron chi connectivity index (χ0n) is 31.1. The van der Waals surface area contributed by atoms with Crippen molar-refractivity contribution in [1.82, 2.24) is 14.8 Å². The maximum Gasteiger partial charge on any atom is 0.254 e. The van der Waals surface area contributed by atoms with E-state index in [4.69, 9.17) is 0 Å². The molecule has 3 aromatic carbocycles. The van der Waals surface area contributed by atoms with Gasteiger partial charge in [0.15, 0.2) is 5.54 Å². The Bertz CT molecular complexity index is 1990. The summed E-state index contributed by atoms with van der Waals surface area (Å²) in [6, 6.07) is 15.8. The van der Waals surface area contributed by atoms with Gasteiger partial charge in [0.05, 0.1) is 0 Å². The molecule has 4 aliphatic rings. The second-order valence-electron chi connectivity index (χ2n) is 16.1. The molecule has 0 saturated heterocycles. The molecule has 0 bridgehead atoms. The van der Waals surface area contributed by atoms with Crippen molar-refractivity contribution >= 4 is 23.1 Å². The molecular formula is C43H55N4O2+. The number of hydrogen-bond acceptors (Lipinski definition) is 3. The molecule has 1 atom stereocenters. The minimum absolute atomic E-state index is 0.00304. The molecule has 0 saturated carbocycles. The summed E-state index contributed by atoms with van der Waals surface area (Å²) in [4.78, 5) is 30.7. The number of nitrogens with one attached hydrogen (secondary N) is 1. The fourth-order valence-electron chi connectivity index (χ4n) is 9.99. The fourth-order valence-corrected chi connectivity index (χ4v) is 9.99. The lowest BCUT2D eigenvalue weighted by atomic mass is 9.64. The number of rotatable bonds is 7. The highest BCUT2D eigenvalue weighted by Crippen LogP contribution is 2.49.